The average Bonchev–Trinajstić information content (AvgIpc) is 2.76. The lowest BCUT2D eigenvalue weighted by molar-refractivity contribution is 0.289. The number of nitrogens with two attached hydrogens (primary N) is 1. The summed E-state index contributed by atoms with van der Waals surface area (Å²) in [4.78, 5) is 0. The fourth-order valence-electron chi connectivity index (χ4n) is 2.43. The van der Waals surface area contributed by atoms with Crippen LogP contribution in [0.4, 0.5) is 5.69 Å². The molecule has 1 saturated carbocycles. The first-order chi connectivity index (χ1) is 8.78. The highest BCUT2D eigenvalue weighted by Crippen LogP contribution is 2.32. The van der Waals surface area contributed by atoms with Gasteiger partial charge in [-0.25, -0.2) is 0 Å². The molecule has 0 atom stereocenters. The van der Waals surface area contributed by atoms with Gasteiger partial charge in [-0.05, 0) is 48.9 Å². The van der Waals surface area contributed by atoms with Gasteiger partial charge >= 0.3 is 0 Å². The van der Waals surface area contributed by atoms with Gasteiger partial charge in [0.1, 0.15) is 0 Å². The van der Waals surface area contributed by atoms with E-state index in [9.17, 15) is 0 Å². The largest absolute Gasteiger partial charge is 0.399 e. The first-order valence-electron chi connectivity index (χ1n) is 6.71. The van der Waals surface area contributed by atoms with E-state index in [2.05, 4.69) is 35.0 Å². The van der Waals surface area contributed by atoms with E-state index in [1.54, 1.807) is 0 Å². The molecule has 0 bridgehead atoms. The Hall–Kier alpha value is -1.77. The molecule has 2 aromatic rings. The maximum atomic E-state index is 5.94. The molecule has 3 rings (SSSR count). The predicted octanol–water partition coefficient (Wildman–Crippen LogP) is 3.42. The summed E-state index contributed by atoms with van der Waals surface area (Å²) in [6.45, 7) is 2.13. The fourth-order valence-corrected chi connectivity index (χ4v) is 2.43. The van der Waals surface area contributed by atoms with Gasteiger partial charge in [0.05, 0.1) is 12.2 Å². The molecule has 1 aliphatic rings. The summed E-state index contributed by atoms with van der Waals surface area (Å²) in [5.74, 6) is 0. The summed E-state index contributed by atoms with van der Waals surface area (Å²) >= 11 is 0. The summed E-state index contributed by atoms with van der Waals surface area (Å²) in [6.07, 6.45) is 8.96. The molecule has 1 fully saturated rings. The molecule has 0 spiro atoms. The number of rotatable bonds is 3. The van der Waals surface area contributed by atoms with E-state index in [1.807, 2.05) is 12.3 Å². The molecule has 1 heterocycles. The molecule has 0 unspecified atom stereocenters. The van der Waals surface area contributed by atoms with E-state index in [1.165, 1.54) is 36.0 Å². The minimum atomic E-state index is 0.623. The quantitative estimate of drug-likeness (QED) is 0.837. The van der Waals surface area contributed by atoms with Gasteiger partial charge in [-0.3, -0.25) is 4.68 Å². The molecule has 1 aliphatic carbocycles. The lowest BCUT2D eigenvalue weighted by Crippen LogP contribution is -2.16. The Balaban J connectivity index is 1.91. The standard InChI is InChI=1S/C15H19N3/c1-2-11-8-12(6-7-15(11)16)13-9-17-18(10-13)14-4-3-5-14/h6-10,14H,2-5,16H2,1H3. The molecule has 0 saturated heterocycles. The molecule has 2 N–H and O–H groups in total. The highest BCUT2D eigenvalue weighted by atomic mass is 15.3. The van der Waals surface area contributed by atoms with Crippen LogP contribution in [-0.4, -0.2) is 9.78 Å². The van der Waals surface area contributed by atoms with Crippen molar-refractivity contribution in [2.75, 3.05) is 5.73 Å². The summed E-state index contributed by atoms with van der Waals surface area (Å²) in [6, 6.07) is 6.88. The molecule has 18 heavy (non-hydrogen) atoms. The molecule has 0 aliphatic heterocycles. The van der Waals surface area contributed by atoms with E-state index < -0.39 is 0 Å². The zero-order valence-corrected chi connectivity index (χ0v) is 10.8. The van der Waals surface area contributed by atoms with E-state index in [0.29, 0.717) is 6.04 Å². The molecule has 3 nitrogen and oxygen atoms in total. The van der Waals surface area contributed by atoms with E-state index >= 15 is 0 Å². The Morgan fingerprint density at radius 3 is 2.83 bits per heavy atom. The first-order valence-corrected chi connectivity index (χ1v) is 6.71. The minimum absolute atomic E-state index is 0.623. The van der Waals surface area contributed by atoms with Crippen LogP contribution in [0.15, 0.2) is 30.6 Å². The number of benzene rings is 1. The summed E-state index contributed by atoms with van der Waals surface area (Å²) in [5.41, 5.74) is 10.4. The van der Waals surface area contributed by atoms with Crippen molar-refractivity contribution in [1.29, 1.82) is 0 Å². The SMILES string of the molecule is CCc1cc(-c2cnn(C3CCC3)c2)ccc1N. The Morgan fingerprint density at radius 1 is 1.33 bits per heavy atom. The Labute approximate surface area is 108 Å². The molecule has 0 radical (unpaired) electrons. The Morgan fingerprint density at radius 2 is 2.17 bits per heavy atom. The minimum Gasteiger partial charge on any atom is -0.399 e. The van der Waals surface area contributed by atoms with Gasteiger partial charge in [-0.1, -0.05) is 13.0 Å². The topological polar surface area (TPSA) is 43.8 Å². The number of aromatic nitrogens is 2. The highest BCUT2D eigenvalue weighted by molar-refractivity contribution is 5.66. The number of aryl methyl sites for hydroxylation is 1. The second kappa shape index (κ2) is 4.48. The molecule has 3 heteroatoms. The van der Waals surface area contributed by atoms with Crippen molar-refractivity contribution >= 4 is 5.69 Å². The number of hydrogen-bond acceptors (Lipinski definition) is 2. The van der Waals surface area contributed by atoms with Crippen LogP contribution in [0, 0.1) is 0 Å². The van der Waals surface area contributed by atoms with Crippen molar-refractivity contribution in [2.45, 2.75) is 38.6 Å². The lowest BCUT2D eigenvalue weighted by atomic mass is 9.93. The predicted molar refractivity (Wildman–Crippen MR) is 74.3 cm³/mol. The maximum Gasteiger partial charge on any atom is 0.0568 e. The van der Waals surface area contributed by atoms with Crippen molar-refractivity contribution in [3.63, 3.8) is 0 Å². The first kappa shape index (κ1) is 11.3. The van der Waals surface area contributed by atoms with Crippen LogP contribution in [-0.2, 0) is 6.42 Å². The van der Waals surface area contributed by atoms with E-state index in [4.69, 9.17) is 5.73 Å². The monoisotopic (exact) mass is 241 g/mol. The van der Waals surface area contributed by atoms with Gasteiger partial charge in [-0.15, -0.1) is 0 Å². The molecule has 1 aromatic carbocycles. The zero-order valence-electron chi connectivity index (χ0n) is 10.8. The van der Waals surface area contributed by atoms with Gasteiger partial charge in [0.15, 0.2) is 0 Å². The van der Waals surface area contributed by atoms with Crippen molar-refractivity contribution in [3.05, 3.63) is 36.2 Å². The van der Waals surface area contributed by atoms with Crippen molar-refractivity contribution in [1.82, 2.24) is 9.78 Å². The van der Waals surface area contributed by atoms with Crippen LogP contribution >= 0.6 is 0 Å². The van der Waals surface area contributed by atoms with Crippen molar-refractivity contribution in [2.24, 2.45) is 0 Å². The van der Waals surface area contributed by atoms with Crippen LogP contribution in [0.5, 0.6) is 0 Å². The third-order valence-corrected chi connectivity index (χ3v) is 3.91. The fraction of sp³-hybridized carbons (Fsp3) is 0.400. The summed E-state index contributed by atoms with van der Waals surface area (Å²) in [7, 11) is 0. The smallest absolute Gasteiger partial charge is 0.0568 e. The normalized spacial score (nSPS) is 15.6. The van der Waals surface area contributed by atoms with Gasteiger partial charge in [0.2, 0.25) is 0 Å². The van der Waals surface area contributed by atoms with Crippen molar-refractivity contribution < 1.29 is 0 Å². The van der Waals surface area contributed by atoms with E-state index in [-0.39, 0.29) is 0 Å². The van der Waals surface area contributed by atoms with Gasteiger partial charge in [0.25, 0.3) is 0 Å². The van der Waals surface area contributed by atoms with Crippen LogP contribution in [0.25, 0.3) is 11.1 Å². The average molecular weight is 241 g/mol. The van der Waals surface area contributed by atoms with Gasteiger partial charge < -0.3 is 5.73 Å². The third-order valence-electron chi connectivity index (χ3n) is 3.91. The molecule has 94 valence electrons. The molecule has 0 amide bonds. The second-order valence-corrected chi connectivity index (χ2v) is 5.06. The lowest BCUT2D eigenvalue weighted by Gasteiger charge is -2.25. The van der Waals surface area contributed by atoms with Crippen molar-refractivity contribution in [3.8, 4) is 11.1 Å². The van der Waals surface area contributed by atoms with Crippen LogP contribution in [0.2, 0.25) is 0 Å². The zero-order chi connectivity index (χ0) is 12.5. The van der Waals surface area contributed by atoms with Gasteiger partial charge in [-0.2, -0.15) is 5.10 Å². The number of anilines is 1. The van der Waals surface area contributed by atoms with E-state index in [0.717, 1.165) is 12.1 Å². The number of hydrogen-bond donors (Lipinski definition) is 1. The third kappa shape index (κ3) is 1.90. The van der Waals surface area contributed by atoms with Crippen LogP contribution in [0.1, 0.15) is 37.8 Å². The number of nitrogen functional groups attached to an aromatic ring is 1. The molecular formula is C15H19N3. The highest BCUT2D eigenvalue weighted by Gasteiger charge is 2.20. The molecule has 1 aromatic heterocycles. The Bertz CT molecular complexity index is 553. The molecular weight excluding hydrogens is 222 g/mol. The van der Waals surface area contributed by atoms with Crippen LogP contribution in [0.3, 0.4) is 0 Å². The Kier molecular flexibility index (Phi) is 2.82. The number of nitrogens with zero attached hydrogens (tertiary/aromatic N) is 2. The summed E-state index contributed by atoms with van der Waals surface area (Å²) < 4.78 is 2.11. The van der Waals surface area contributed by atoms with Crippen LogP contribution < -0.4 is 5.73 Å². The second-order valence-electron chi connectivity index (χ2n) is 5.06. The summed E-state index contributed by atoms with van der Waals surface area (Å²) in [5, 5.41) is 4.48. The van der Waals surface area contributed by atoms with Gasteiger partial charge in [0, 0.05) is 17.4 Å². The maximum absolute atomic E-state index is 5.94.